The molecule has 1 aliphatic rings. The number of anilines is 1. The van der Waals surface area contributed by atoms with Crippen molar-refractivity contribution in [3.8, 4) is 0 Å². The number of thioether (sulfide) groups is 1. The third-order valence-corrected chi connectivity index (χ3v) is 4.24. The minimum absolute atomic E-state index is 0.202. The number of carboxylic acids is 1. The molecule has 82 valence electrons. The molecule has 1 N–H and O–H groups in total. The maximum absolute atomic E-state index is 10.8. The molecule has 1 saturated heterocycles. The second-order valence-electron chi connectivity index (χ2n) is 3.31. The Hall–Kier alpha value is -0.750. The molecule has 0 radical (unpaired) electrons. The second-order valence-corrected chi connectivity index (χ2v) is 5.71. The lowest BCUT2D eigenvalue weighted by Crippen LogP contribution is -2.32. The SMILES string of the molecule is Cc1sc(N2CCSCC2)nc1C(=O)O. The number of carboxylic acid groups (broad SMARTS) is 1. The Kier molecular flexibility index (Phi) is 3.16. The molecule has 15 heavy (non-hydrogen) atoms. The Balaban J connectivity index is 2.21. The number of rotatable bonds is 2. The average Bonchev–Trinajstić information content (AvgIpc) is 2.62. The molecule has 6 heteroatoms. The van der Waals surface area contributed by atoms with Crippen LogP contribution in [0, 0.1) is 6.92 Å². The molecule has 0 amide bonds. The van der Waals surface area contributed by atoms with E-state index in [0.717, 1.165) is 34.6 Å². The average molecular weight is 244 g/mol. The van der Waals surface area contributed by atoms with Gasteiger partial charge in [0.1, 0.15) is 0 Å². The Labute approximate surface area is 96.3 Å². The highest BCUT2D eigenvalue weighted by atomic mass is 32.2. The number of hydrogen-bond acceptors (Lipinski definition) is 5. The van der Waals surface area contributed by atoms with Gasteiger partial charge in [0.2, 0.25) is 0 Å². The van der Waals surface area contributed by atoms with Crippen molar-refractivity contribution in [3.05, 3.63) is 10.6 Å². The van der Waals surface area contributed by atoms with Gasteiger partial charge in [0.05, 0.1) is 0 Å². The van der Waals surface area contributed by atoms with Crippen LogP contribution in [0.4, 0.5) is 5.13 Å². The van der Waals surface area contributed by atoms with Gasteiger partial charge in [-0.05, 0) is 6.92 Å². The van der Waals surface area contributed by atoms with Gasteiger partial charge >= 0.3 is 5.97 Å². The van der Waals surface area contributed by atoms with E-state index < -0.39 is 5.97 Å². The topological polar surface area (TPSA) is 53.4 Å². The minimum atomic E-state index is -0.929. The standard InChI is InChI=1S/C9H12N2O2S2/c1-6-7(8(12)13)10-9(15-6)11-2-4-14-5-3-11/h2-5H2,1H3,(H,12,13). The Morgan fingerprint density at radius 3 is 2.67 bits per heavy atom. The summed E-state index contributed by atoms with van der Waals surface area (Å²) in [6.45, 7) is 3.75. The molecule has 0 atom stereocenters. The van der Waals surface area contributed by atoms with Crippen molar-refractivity contribution in [3.63, 3.8) is 0 Å². The maximum Gasteiger partial charge on any atom is 0.355 e. The van der Waals surface area contributed by atoms with Crippen LogP contribution in [0.2, 0.25) is 0 Å². The smallest absolute Gasteiger partial charge is 0.355 e. The molecule has 0 saturated carbocycles. The highest BCUT2D eigenvalue weighted by Gasteiger charge is 2.19. The Morgan fingerprint density at radius 1 is 1.47 bits per heavy atom. The fourth-order valence-electron chi connectivity index (χ4n) is 1.47. The summed E-state index contributed by atoms with van der Waals surface area (Å²) in [6.07, 6.45) is 0. The summed E-state index contributed by atoms with van der Waals surface area (Å²) in [5, 5.41) is 9.75. The van der Waals surface area contributed by atoms with E-state index in [2.05, 4.69) is 9.88 Å². The number of nitrogens with zero attached hydrogens (tertiary/aromatic N) is 2. The van der Waals surface area contributed by atoms with E-state index in [9.17, 15) is 4.79 Å². The zero-order valence-corrected chi connectivity index (χ0v) is 10.0. The van der Waals surface area contributed by atoms with Crippen molar-refractivity contribution >= 4 is 34.2 Å². The molecule has 1 fully saturated rings. The van der Waals surface area contributed by atoms with Gasteiger partial charge in [0.15, 0.2) is 10.8 Å². The molecule has 1 aliphatic heterocycles. The van der Waals surface area contributed by atoms with Crippen molar-refractivity contribution in [2.75, 3.05) is 29.5 Å². The quantitative estimate of drug-likeness (QED) is 0.858. The molecule has 0 unspecified atom stereocenters. The van der Waals surface area contributed by atoms with Gasteiger partial charge in [-0.15, -0.1) is 11.3 Å². The third-order valence-electron chi connectivity index (χ3n) is 2.27. The van der Waals surface area contributed by atoms with Crippen molar-refractivity contribution in [1.29, 1.82) is 0 Å². The zero-order chi connectivity index (χ0) is 10.8. The lowest BCUT2D eigenvalue weighted by molar-refractivity contribution is 0.0690. The molecule has 4 nitrogen and oxygen atoms in total. The van der Waals surface area contributed by atoms with Crippen molar-refractivity contribution in [1.82, 2.24) is 4.98 Å². The molecular formula is C9H12N2O2S2. The predicted octanol–water partition coefficient (Wildman–Crippen LogP) is 1.70. The van der Waals surface area contributed by atoms with Gasteiger partial charge in [-0.1, -0.05) is 0 Å². The van der Waals surface area contributed by atoms with Crippen molar-refractivity contribution < 1.29 is 9.90 Å². The summed E-state index contributed by atoms with van der Waals surface area (Å²) in [6, 6.07) is 0. The van der Waals surface area contributed by atoms with E-state index in [0.29, 0.717) is 0 Å². The van der Waals surface area contributed by atoms with Gasteiger partial charge in [-0.25, -0.2) is 9.78 Å². The highest BCUT2D eigenvalue weighted by Crippen LogP contribution is 2.27. The van der Waals surface area contributed by atoms with Crippen molar-refractivity contribution in [2.24, 2.45) is 0 Å². The molecule has 0 bridgehead atoms. The van der Waals surface area contributed by atoms with E-state index in [1.165, 1.54) is 11.3 Å². The lowest BCUT2D eigenvalue weighted by Gasteiger charge is -2.25. The first-order valence-corrected chi connectivity index (χ1v) is 6.69. The first-order chi connectivity index (χ1) is 7.18. The molecule has 2 rings (SSSR count). The number of aromatic carboxylic acids is 1. The first-order valence-electron chi connectivity index (χ1n) is 4.72. The summed E-state index contributed by atoms with van der Waals surface area (Å²) in [7, 11) is 0. The van der Waals surface area contributed by atoms with Crippen LogP contribution < -0.4 is 4.90 Å². The maximum atomic E-state index is 10.8. The summed E-state index contributed by atoms with van der Waals surface area (Å²) < 4.78 is 0. The third kappa shape index (κ3) is 2.26. The highest BCUT2D eigenvalue weighted by molar-refractivity contribution is 7.99. The molecule has 1 aromatic rings. The van der Waals surface area contributed by atoms with Gasteiger partial charge < -0.3 is 10.0 Å². The summed E-state index contributed by atoms with van der Waals surface area (Å²) in [5.41, 5.74) is 0.202. The van der Waals surface area contributed by atoms with Crippen LogP contribution >= 0.6 is 23.1 Å². The van der Waals surface area contributed by atoms with Gasteiger partial charge in [-0.2, -0.15) is 11.8 Å². The Morgan fingerprint density at radius 2 is 2.13 bits per heavy atom. The Bertz CT molecular complexity index is 372. The number of aromatic nitrogens is 1. The number of aryl methyl sites for hydroxylation is 1. The van der Waals surface area contributed by atoms with Crippen LogP contribution in [-0.4, -0.2) is 40.7 Å². The number of carbonyl (C=O) groups is 1. The fraction of sp³-hybridized carbons (Fsp3) is 0.556. The van der Waals surface area contributed by atoms with Crippen LogP contribution in [-0.2, 0) is 0 Å². The molecule has 0 spiro atoms. The van der Waals surface area contributed by atoms with E-state index in [1.54, 1.807) is 0 Å². The first kappa shape index (κ1) is 10.8. The number of thiazole rings is 1. The van der Waals surface area contributed by atoms with Crippen LogP contribution in [0.15, 0.2) is 0 Å². The second kappa shape index (κ2) is 4.40. The molecule has 0 aliphatic carbocycles. The van der Waals surface area contributed by atoms with E-state index in [-0.39, 0.29) is 5.69 Å². The summed E-state index contributed by atoms with van der Waals surface area (Å²) in [4.78, 5) is 18.0. The largest absolute Gasteiger partial charge is 0.476 e. The monoisotopic (exact) mass is 244 g/mol. The molecule has 2 heterocycles. The van der Waals surface area contributed by atoms with Gasteiger partial charge in [0, 0.05) is 29.5 Å². The zero-order valence-electron chi connectivity index (χ0n) is 8.39. The van der Waals surface area contributed by atoms with Gasteiger partial charge in [0.25, 0.3) is 0 Å². The van der Waals surface area contributed by atoms with Crippen molar-refractivity contribution in [2.45, 2.75) is 6.92 Å². The predicted molar refractivity (Wildman–Crippen MR) is 63.3 cm³/mol. The molecule has 1 aromatic heterocycles. The van der Waals surface area contributed by atoms with Crippen LogP contribution in [0.1, 0.15) is 15.4 Å². The van der Waals surface area contributed by atoms with Gasteiger partial charge in [-0.3, -0.25) is 0 Å². The van der Waals surface area contributed by atoms with Crippen LogP contribution in [0.25, 0.3) is 0 Å². The van der Waals surface area contributed by atoms with Crippen LogP contribution in [0.3, 0.4) is 0 Å². The van der Waals surface area contributed by atoms with E-state index in [4.69, 9.17) is 5.11 Å². The number of hydrogen-bond donors (Lipinski definition) is 1. The summed E-state index contributed by atoms with van der Waals surface area (Å²) >= 11 is 3.40. The minimum Gasteiger partial charge on any atom is -0.476 e. The normalized spacial score (nSPS) is 16.7. The van der Waals surface area contributed by atoms with E-state index in [1.807, 2.05) is 18.7 Å². The van der Waals surface area contributed by atoms with E-state index >= 15 is 0 Å². The fourth-order valence-corrected chi connectivity index (χ4v) is 3.33. The molecular weight excluding hydrogens is 232 g/mol. The van der Waals surface area contributed by atoms with Crippen LogP contribution in [0.5, 0.6) is 0 Å². The molecule has 0 aromatic carbocycles. The lowest BCUT2D eigenvalue weighted by atomic mass is 10.4. The summed E-state index contributed by atoms with van der Waals surface area (Å²) in [5.74, 6) is 1.27.